The van der Waals surface area contributed by atoms with E-state index in [1.165, 1.54) is 5.56 Å². The van der Waals surface area contributed by atoms with Gasteiger partial charge >= 0.3 is 6.04 Å². The van der Waals surface area contributed by atoms with E-state index in [2.05, 4.69) is 40.1 Å². The minimum Gasteiger partial charge on any atom is -0.299 e. The van der Waals surface area contributed by atoms with Crippen LogP contribution in [0, 0.1) is 23.8 Å². The van der Waals surface area contributed by atoms with Crippen LogP contribution in [0.3, 0.4) is 0 Å². The summed E-state index contributed by atoms with van der Waals surface area (Å²) in [7, 11) is 0. The number of nitrogens with zero attached hydrogens (tertiary/aromatic N) is 3. The maximum atomic E-state index is 8.99. The Balaban J connectivity index is 1.91. The lowest BCUT2D eigenvalue weighted by Crippen LogP contribution is -2.25. The van der Waals surface area contributed by atoms with Crippen molar-refractivity contribution in [1.82, 2.24) is 4.90 Å². The highest BCUT2D eigenvalue weighted by Gasteiger charge is 2.28. The monoisotopic (exact) mass is 253 g/mol. The third-order valence-electron chi connectivity index (χ3n) is 3.83. The van der Waals surface area contributed by atoms with E-state index < -0.39 is 6.04 Å². The first-order valence-electron chi connectivity index (χ1n) is 6.86. The molecule has 3 heteroatoms. The maximum absolute atomic E-state index is 8.99. The van der Waals surface area contributed by atoms with Crippen LogP contribution in [-0.2, 0) is 6.54 Å². The van der Waals surface area contributed by atoms with Crippen molar-refractivity contribution in [3.8, 4) is 6.07 Å². The van der Waals surface area contributed by atoms with Gasteiger partial charge in [0, 0.05) is 12.5 Å². The largest absolute Gasteiger partial charge is 0.309 e. The predicted molar refractivity (Wildman–Crippen MR) is 75.1 cm³/mol. The lowest BCUT2D eigenvalue weighted by Gasteiger charge is -2.19. The molecule has 1 aliphatic heterocycles. The molecule has 19 heavy (non-hydrogen) atoms. The molecule has 1 saturated heterocycles. The van der Waals surface area contributed by atoms with Gasteiger partial charge in [0.1, 0.15) is 0 Å². The molecule has 98 valence electrons. The summed E-state index contributed by atoms with van der Waals surface area (Å²) in [5.41, 5.74) is 1.34. The van der Waals surface area contributed by atoms with E-state index in [-0.39, 0.29) is 5.92 Å². The van der Waals surface area contributed by atoms with Crippen LogP contribution in [-0.4, -0.2) is 24.0 Å². The first kappa shape index (κ1) is 13.6. The quantitative estimate of drug-likeness (QED) is 0.775. The fraction of sp³-hybridized carbons (Fsp3) is 0.500. The van der Waals surface area contributed by atoms with Gasteiger partial charge in [0.05, 0.1) is 0 Å². The minimum atomic E-state index is -0.448. The molecule has 1 aromatic rings. The summed E-state index contributed by atoms with van der Waals surface area (Å²) in [5, 5.41) is 8.99. The average molecular weight is 253 g/mol. The zero-order valence-corrected chi connectivity index (χ0v) is 11.1. The van der Waals surface area contributed by atoms with Crippen molar-refractivity contribution in [2.24, 2.45) is 5.92 Å². The first-order valence-corrected chi connectivity index (χ1v) is 6.86. The highest BCUT2D eigenvalue weighted by atomic mass is 15.1. The molecule has 1 fully saturated rings. The molecule has 3 nitrogen and oxygen atoms in total. The van der Waals surface area contributed by atoms with Gasteiger partial charge in [0.2, 0.25) is 0 Å². The Morgan fingerprint density at radius 1 is 1.32 bits per heavy atom. The zero-order valence-electron chi connectivity index (χ0n) is 11.1. The van der Waals surface area contributed by atoms with Gasteiger partial charge in [-0.05, 0) is 37.9 Å². The zero-order chi connectivity index (χ0) is 13.5. The summed E-state index contributed by atoms with van der Waals surface area (Å²) < 4.78 is 0. The second-order valence-electron chi connectivity index (χ2n) is 5.16. The SMILES string of the molecule is [C-]#[N+]C(C#N)C1CCCN(Cc2ccccc2)CC1. The molecule has 0 radical (unpaired) electrons. The minimum absolute atomic E-state index is 0.253. The van der Waals surface area contributed by atoms with Gasteiger partial charge in [-0.25, -0.2) is 6.57 Å². The molecule has 0 aliphatic carbocycles. The van der Waals surface area contributed by atoms with Crippen molar-refractivity contribution >= 4 is 0 Å². The van der Waals surface area contributed by atoms with Crippen LogP contribution in [0.25, 0.3) is 4.85 Å². The first-order chi connectivity index (χ1) is 9.33. The van der Waals surface area contributed by atoms with Crippen LogP contribution in [0.15, 0.2) is 30.3 Å². The summed E-state index contributed by atoms with van der Waals surface area (Å²) >= 11 is 0. The van der Waals surface area contributed by atoms with Crippen molar-refractivity contribution in [1.29, 1.82) is 5.26 Å². The Labute approximate surface area is 115 Å². The third-order valence-corrected chi connectivity index (χ3v) is 3.83. The van der Waals surface area contributed by atoms with E-state index in [0.717, 1.165) is 38.9 Å². The Hall–Kier alpha value is -1.84. The smallest absolute Gasteiger partial charge is 0.299 e. The van der Waals surface area contributed by atoms with Crippen LogP contribution in [0.5, 0.6) is 0 Å². The van der Waals surface area contributed by atoms with Gasteiger partial charge in [-0.1, -0.05) is 30.3 Å². The highest BCUT2D eigenvalue weighted by Crippen LogP contribution is 2.23. The molecule has 0 spiro atoms. The molecule has 2 rings (SSSR count). The molecule has 2 atom stereocenters. The molecule has 1 aromatic carbocycles. The summed E-state index contributed by atoms with van der Waals surface area (Å²) in [5.74, 6) is 0.253. The molecule has 0 aromatic heterocycles. The van der Waals surface area contributed by atoms with Crippen molar-refractivity contribution in [3.63, 3.8) is 0 Å². The molecular weight excluding hydrogens is 234 g/mol. The van der Waals surface area contributed by atoms with E-state index >= 15 is 0 Å². The van der Waals surface area contributed by atoms with Crippen molar-refractivity contribution < 1.29 is 0 Å². The molecule has 1 heterocycles. The Bertz CT molecular complexity index is 455. The number of likely N-dealkylation sites (tertiary alicyclic amines) is 1. The fourth-order valence-corrected chi connectivity index (χ4v) is 2.74. The summed E-state index contributed by atoms with van der Waals surface area (Å²) in [6.45, 7) is 10.1. The lowest BCUT2D eigenvalue weighted by atomic mass is 9.93. The number of benzene rings is 1. The second kappa shape index (κ2) is 6.92. The molecule has 0 bridgehead atoms. The third kappa shape index (κ3) is 3.81. The van der Waals surface area contributed by atoms with Gasteiger partial charge in [0.15, 0.2) is 6.07 Å². The van der Waals surface area contributed by atoms with Crippen LogP contribution in [0.2, 0.25) is 0 Å². The molecule has 2 unspecified atom stereocenters. The number of nitriles is 1. The van der Waals surface area contributed by atoms with Crippen LogP contribution >= 0.6 is 0 Å². The van der Waals surface area contributed by atoms with Crippen LogP contribution in [0.1, 0.15) is 24.8 Å². The van der Waals surface area contributed by atoms with Gasteiger partial charge in [-0.2, -0.15) is 5.26 Å². The number of hydrogen-bond donors (Lipinski definition) is 0. The average Bonchev–Trinajstić information content (AvgIpc) is 2.68. The summed E-state index contributed by atoms with van der Waals surface area (Å²) in [4.78, 5) is 5.89. The summed E-state index contributed by atoms with van der Waals surface area (Å²) in [6.07, 6.45) is 3.06. The maximum Gasteiger partial charge on any atom is 0.309 e. The molecule has 0 saturated carbocycles. The van der Waals surface area contributed by atoms with E-state index in [4.69, 9.17) is 11.8 Å². The van der Waals surface area contributed by atoms with Gasteiger partial charge in [0.25, 0.3) is 0 Å². The Morgan fingerprint density at radius 2 is 2.11 bits per heavy atom. The summed E-state index contributed by atoms with van der Waals surface area (Å²) in [6, 6.07) is 12.2. The molecule has 0 N–H and O–H groups in total. The number of rotatable bonds is 3. The van der Waals surface area contributed by atoms with Gasteiger partial charge < -0.3 is 0 Å². The van der Waals surface area contributed by atoms with E-state index in [0.29, 0.717) is 0 Å². The van der Waals surface area contributed by atoms with Gasteiger partial charge in [-0.15, -0.1) is 0 Å². The second-order valence-corrected chi connectivity index (χ2v) is 5.16. The molecule has 1 aliphatic rings. The lowest BCUT2D eigenvalue weighted by molar-refractivity contribution is 0.272. The predicted octanol–water partition coefficient (Wildman–Crippen LogP) is 3.10. The Morgan fingerprint density at radius 3 is 2.79 bits per heavy atom. The van der Waals surface area contributed by atoms with Crippen molar-refractivity contribution in [3.05, 3.63) is 47.3 Å². The van der Waals surface area contributed by atoms with Crippen LogP contribution < -0.4 is 0 Å². The highest BCUT2D eigenvalue weighted by molar-refractivity contribution is 5.14. The van der Waals surface area contributed by atoms with E-state index in [1.54, 1.807) is 0 Å². The van der Waals surface area contributed by atoms with E-state index in [9.17, 15) is 0 Å². The van der Waals surface area contributed by atoms with E-state index in [1.807, 2.05) is 6.07 Å². The molecular formula is C16H19N3. The fourth-order valence-electron chi connectivity index (χ4n) is 2.74. The number of hydrogen-bond acceptors (Lipinski definition) is 2. The standard InChI is InChI=1S/C16H19N3/c1-18-16(12-17)15-8-5-10-19(11-9-15)13-14-6-3-2-4-7-14/h2-4,6-7,15-16H,5,8-11,13H2. The molecule has 0 amide bonds. The normalized spacial score (nSPS) is 21.9. The van der Waals surface area contributed by atoms with Crippen molar-refractivity contribution in [2.75, 3.05) is 13.1 Å². The topological polar surface area (TPSA) is 31.4 Å². The van der Waals surface area contributed by atoms with Gasteiger partial charge in [-0.3, -0.25) is 9.74 Å². The Kier molecular flexibility index (Phi) is 4.95. The van der Waals surface area contributed by atoms with Crippen LogP contribution in [0.4, 0.5) is 0 Å². The van der Waals surface area contributed by atoms with Crippen molar-refractivity contribution in [2.45, 2.75) is 31.8 Å².